The number of carbonyl (C=O) groups excluding carboxylic acids is 1. The zero-order valence-corrected chi connectivity index (χ0v) is 8.04. The number of aliphatic hydroxyl groups excluding tert-OH is 3. The van der Waals surface area contributed by atoms with Gasteiger partial charge in [-0.1, -0.05) is 0 Å². The maximum absolute atomic E-state index is 10.7. The Labute approximate surface area is 81.5 Å². The van der Waals surface area contributed by atoms with Gasteiger partial charge < -0.3 is 25.4 Å². The molecule has 0 aromatic rings. The second-order valence-corrected chi connectivity index (χ2v) is 3.43. The zero-order chi connectivity index (χ0) is 10.9. The molecule has 0 spiro atoms. The number of hydrogen-bond donors (Lipinski definition) is 4. The summed E-state index contributed by atoms with van der Waals surface area (Å²) < 4.78 is 5.10. The smallest absolute Gasteiger partial charge is 0.218 e. The van der Waals surface area contributed by atoms with E-state index in [1.54, 1.807) is 6.92 Å². The van der Waals surface area contributed by atoms with Crippen LogP contribution in [0, 0.1) is 0 Å². The maximum atomic E-state index is 10.7. The van der Waals surface area contributed by atoms with Gasteiger partial charge in [-0.2, -0.15) is 0 Å². The summed E-state index contributed by atoms with van der Waals surface area (Å²) in [6.07, 6.45) is -5.37. The van der Waals surface area contributed by atoms with Crippen molar-refractivity contribution >= 4 is 5.91 Å². The molecule has 6 heteroatoms. The first-order valence-corrected chi connectivity index (χ1v) is 4.40. The van der Waals surface area contributed by atoms with E-state index in [4.69, 9.17) is 4.74 Å². The largest absolute Gasteiger partial charge is 0.388 e. The Morgan fingerprint density at radius 1 is 1.21 bits per heavy atom. The maximum Gasteiger partial charge on any atom is 0.218 e. The Morgan fingerprint density at radius 3 is 2.29 bits per heavy atom. The quantitative estimate of drug-likeness (QED) is 0.395. The zero-order valence-electron chi connectivity index (χ0n) is 8.04. The number of hydrogen-bond acceptors (Lipinski definition) is 5. The standard InChI is InChI=1S/C8H15NO5/c1-3-5(11)6(12)7(13)8(14-3)9-4(2)10/h3,5-8,11-13H,1-2H3,(H,9,10)/t3-,5+,6+,7-,8?/m1/s1. The monoisotopic (exact) mass is 205 g/mol. The number of carbonyl (C=O) groups is 1. The van der Waals surface area contributed by atoms with Crippen LogP contribution in [0.4, 0.5) is 0 Å². The normalized spacial score (nSPS) is 43.4. The molecule has 1 heterocycles. The highest BCUT2D eigenvalue weighted by Gasteiger charge is 2.41. The van der Waals surface area contributed by atoms with E-state index in [2.05, 4.69) is 5.32 Å². The van der Waals surface area contributed by atoms with E-state index in [-0.39, 0.29) is 5.91 Å². The molecule has 1 amide bonds. The number of aliphatic hydroxyl groups is 3. The molecule has 0 aromatic heterocycles. The number of nitrogens with one attached hydrogen (secondary N) is 1. The van der Waals surface area contributed by atoms with E-state index in [1.807, 2.05) is 0 Å². The SMILES string of the molecule is CC(=O)NC1O[C@H](C)[C@H](O)[C@H](O)[C@H]1O. The van der Waals surface area contributed by atoms with Gasteiger partial charge in [-0.15, -0.1) is 0 Å². The molecular formula is C8H15NO5. The first kappa shape index (κ1) is 11.4. The fourth-order valence-corrected chi connectivity index (χ4v) is 1.37. The summed E-state index contributed by atoms with van der Waals surface area (Å²) in [6.45, 7) is 2.83. The van der Waals surface area contributed by atoms with Gasteiger partial charge in [0.15, 0.2) is 6.23 Å². The van der Waals surface area contributed by atoms with Gasteiger partial charge in [0.05, 0.1) is 6.10 Å². The van der Waals surface area contributed by atoms with E-state index in [1.165, 1.54) is 6.92 Å². The Balaban J connectivity index is 2.65. The average Bonchev–Trinajstić information content (AvgIpc) is 2.10. The molecule has 14 heavy (non-hydrogen) atoms. The molecule has 1 aliphatic heterocycles. The minimum Gasteiger partial charge on any atom is -0.388 e. The van der Waals surface area contributed by atoms with E-state index < -0.39 is 30.6 Å². The third kappa shape index (κ3) is 2.21. The molecule has 0 bridgehead atoms. The topological polar surface area (TPSA) is 99.0 Å². The van der Waals surface area contributed by atoms with Crippen molar-refractivity contribution in [3.05, 3.63) is 0 Å². The highest BCUT2D eigenvalue weighted by atomic mass is 16.5. The van der Waals surface area contributed by atoms with Crippen molar-refractivity contribution in [2.75, 3.05) is 0 Å². The van der Waals surface area contributed by atoms with Crippen LogP contribution in [0.2, 0.25) is 0 Å². The molecule has 6 nitrogen and oxygen atoms in total. The molecule has 82 valence electrons. The van der Waals surface area contributed by atoms with Gasteiger partial charge in [0.2, 0.25) is 5.91 Å². The lowest BCUT2D eigenvalue weighted by molar-refractivity contribution is -0.224. The lowest BCUT2D eigenvalue weighted by Gasteiger charge is -2.39. The summed E-state index contributed by atoms with van der Waals surface area (Å²) in [4.78, 5) is 10.7. The van der Waals surface area contributed by atoms with Crippen molar-refractivity contribution in [1.29, 1.82) is 0 Å². The van der Waals surface area contributed by atoms with Gasteiger partial charge in [-0.25, -0.2) is 0 Å². The Hall–Kier alpha value is -0.690. The van der Waals surface area contributed by atoms with Crippen LogP contribution in [-0.2, 0) is 9.53 Å². The average molecular weight is 205 g/mol. The van der Waals surface area contributed by atoms with E-state index >= 15 is 0 Å². The van der Waals surface area contributed by atoms with Gasteiger partial charge in [-0.3, -0.25) is 4.79 Å². The van der Waals surface area contributed by atoms with Crippen molar-refractivity contribution in [2.45, 2.75) is 44.5 Å². The van der Waals surface area contributed by atoms with Crippen LogP contribution < -0.4 is 5.32 Å². The van der Waals surface area contributed by atoms with Crippen LogP contribution >= 0.6 is 0 Å². The molecule has 0 aliphatic carbocycles. The number of amides is 1. The Bertz CT molecular complexity index is 222. The molecule has 1 unspecified atom stereocenters. The van der Waals surface area contributed by atoms with Crippen LogP contribution in [-0.4, -0.2) is 51.9 Å². The van der Waals surface area contributed by atoms with Gasteiger partial charge in [0.1, 0.15) is 18.3 Å². The van der Waals surface area contributed by atoms with E-state index in [9.17, 15) is 20.1 Å². The first-order valence-electron chi connectivity index (χ1n) is 4.40. The number of ether oxygens (including phenoxy) is 1. The summed E-state index contributed by atoms with van der Waals surface area (Å²) in [5.41, 5.74) is 0. The van der Waals surface area contributed by atoms with Crippen LogP contribution in [0.1, 0.15) is 13.8 Å². The van der Waals surface area contributed by atoms with E-state index in [0.717, 1.165) is 0 Å². The molecular weight excluding hydrogens is 190 g/mol. The molecule has 4 N–H and O–H groups in total. The van der Waals surface area contributed by atoms with Crippen molar-refractivity contribution in [1.82, 2.24) is 5.32 Å². The highest BCUT2D eigenvalue weighted by Crippen LogP contribution is 2.19. The van der Waals surface area contributed by atoms with Crippen LogP contribution in [0.25, 0.3) is 0 Å². The number of rotatable bonds is 1. The summed E-state index contributed by atoms with van der Waals surface area (Å²) in [6, 6.07) is 0. The summed E-state index contributed by atoms with van der Waals surface area (Å²) >= 11 is 0. The lowest BCUT2D eigenvalue weighted by atomic mass is 9.99. The fraction of sp³-hybridized carbons (Fsp3) is 0.875. The third-order valence-corrected chi connectivity index (χ3v) is 2.20. The Kier molecular flexibility index (Phi) is 3.43. The molecule has 0 saturated carbocycles. The summed E-state index contributed by atoms with van der Waals surface area (Å²) in [5, 5.41) is 30.4. The van der Waals surface area contributed by atoms with Crippen LogP contribution in [0.3, 0.4) is 0 Å². The van der Waals surface area contributed by atoms with Gasteiger partial charge in [-0.05, 0) is 6.92 Å². The van der Waals surface area contributed by atoms with Gasteiger partial charge in [0, 0.05) is 6.92 Å². The summed E-state index contributed by atoms with van der Waals surface area (Å²) in [5.74, 6) is -0.371. The lowest BCUT2D eigenvalue weighted by Crippen LogP contribution is -2.61. The van der Waals surface area contributed by atoms with Crippen molar-refractivity contribution in [3.63, 3.8) is 0 Å². The molecule has 1 fully saturated rings. The molecule has 0 aromatic carbocycles. The molecule has 1 saturated heterocycles. The molecule has 5 atom stereocenters. The predicted molar refractivity (Wildman–Crippen MR) is 46.2 cm³/mol. The van der Waals surface area contributed by atoms with Crippen LogP contribution in [0.15, 0.2) is 0 Å². The first-order chi connectivity index (χ1) is 6.43. The molecule has 0 radical (unpaired) electrons. The van der Waals surface area contributed by atoms with Crippen molar-refractivity contribution in [2.24, 2.45) is 0 Å². The highest BCUT2D eigenvalue weighted by molar-refractivity contribution is 5.73. The van der Waals surface area contributed by atoms with Crippen molar-refractivity contribution in [3.8, 4) is 0 Å². The van der Waals surface area contributed by atoms with E-state index in [0.29, 0.717) is 0 Å². The fourth-order valence-electron chi connectivity index (χ4n) is 1.37. The molecule has 1 aliphatic rings. The van der Waals surface area contributed by atoms with Crippen LogP contribution in [0.5, 0.6) is 0 Å². The van der Waals surface area contributed by atoms with Crippen molar-refractivity contribution < 1.29 is 24.9 Å². The molecule has 1 rings (SSSR count). The summed E-state index contributed by atoms with van der Waals surface area (Å²) in [7, 11) is 0. The third-order valence-electron chi connectivity index (χ3n) is 2.20. The second kappa shape index (κ2) is 4.22. The van der Waals surface area contributed by atoms with Gasteiger partial charge in [0.25, 0.3) is 0 Å². The Morgan fingerprint density at radius 2 is 1.79 bits per heavy atom. The minimum atomic E-state index is -1.31. The minimum absolute atomic E-state index is 0.371. The van der Waals surface area contributed by atoms with Gasteiger partial charge >= 0.3 is 0 Å². The predicted octanol–water partition coefficient (Wildman–Crippen LogP) is -2.05. The second-order valence-electron chi connectivity index (χ2n) is 3.43.